The van der Waals surface area contributed by atoms with Gasteiger partial charge in [-0.1, -0.05) is 31.5 Å². The number of carbonyl (C=O) groups is 2. The van der Waals surface area contributed by atoms with Crippen molar-refractivity contribution < 1.29 is 9.59 Å². The van der Waals surface area contributed by atoms with Crippen LogP contribution in [0.5, 0.6) is 0 Å². The highest BCUT2D eigenvalue weighted by molar-refractivity contribution is 6.34. The minimum absolute atomic E-state index is 0.00417. The molecule has 0 saturated carbocycles. The van der Waals surface area contributed by atoms with Gasteiger partial charge in [0.15, 0.2) is 0 Å². The largest absolute Gasteiger partial charge is 0.342 e. The molecule has 0 unspecified atom stereocenters. The molecule has 1 saturated heterocycles. The Labute approximate surface area is 143 Å². The Balaban J connectivity index is 1.97. The van der Waals surface area contributed by atoms with Gasteiger partial charge in [0.25, 0.3) is 0 Å². The molecular weight excluding hydrogens is 312 g/mol. The van der Waals surface area contributed by atoms with Crippen molar-refractivity contribution in [2.45, 2.75) is 40.5 Å². The number of carbonyl (C=O) groups excluding carboxylic acids is 2. The number of nitrogens with zero attached hydrogens (tertiary/aromatic N) is 1. The van der Waals surface area contributed by atoms with Crippen molar-refractivity contribution in [2.75, 3.05) is 18.4 Å². The Morgan fingerprint density at radius 1 is 1.22 bits per heavy atom. The normalized spacial score (nSPS) is 15.8. The highest BCUT2D eigenvalue weighted by atomic mass is 35.5. The number of hydrogen-bond acceptors (Lipinski definition) is 2. The van der Waals surface area contributed by atoms with Crippen molar-refractivity contribution in [2.24, 2.45) is 11.8 Å². The molecule has 4 nitrogen and oxygen atoms in total. The van der Waals surface area contributed by atoms with Crippen LogP contribution in [-0.4, -0.2) is 29.8 Å². The van der Waals surface area contributed by atoms with Gasteiger partial charge < -0.3 is 10.2 Å². The molecule has 0 aliphatic carbocycles. The van der Waals surface area contributed by atoms with Crippen LogP contribution >= 0.6 is 11.6 Å². The van der Waals surface area contributed by atoms with Crippen LogP contribution in [0.2, 0.25) is 5.02 Å². The highest BCUT2D eigenvalue weighted by Gasteiger charge is 2.28. The summed E-state index contributed by atoms with van der Waals surface area (Å²) < 4.78 is 0. The second-order valence-corrected chi connectivity index (χ2v) is 7.09. The molecule has 1 fully saturated rings. The predicted octanol–water partition coefficient (Wildman–Crippen LogP) is 3.79. The smallest absolute Gasteiger partial charge is 0.227 e. The summed E-state index contributed by atoms with van der Waals surface area (Å²) in [6.07, 6.45) is 1.40. The van der Waals surface area contributed by atoms with Gasteiger partial charge in [0.2, 0.25) is 11.8 Å². The predicted molar refractivity (Wildman–Crippen MR) is 93.7 cm³/mol. The van der Waals surface area contributed by atoms with Gasteiger partial charge in [-0.15, -0.1) is 0 Å². The Hall–Kier alpha value is -1.55. The standard InChI is InChI=1S/C18H25ClN2O2/c1-11(2)18(23)21-7-5-14(6-8-21)17(22)20-16-13(4)9-12(3)10-15(16)19/h9-11,14H,5-8H2,1-4H3,(H,20,22). The summed E-state index contributed by atoms with van der Waals surface area (Å²) in [5.74, 6) is 0.106. The van der Waals surface area contributed by atoms with Gasteiger partial charge in [0.05, 0.1) is 10.7 Å². The summed E-state index contributed by atoms with van der Waals surface area (Å²) in [6, 6.07) is 3.86. The molecule has 0 bridgehead atoms. The molecule has 1 N–H and O–H groups in total. The summed E-state index contributed by atoms with van der Waals surface area (Å²) in [5, 5.41) is 3.54. The number of amides is 2. The van der Waals surface area contributed by atoms with Crippen LogP contribution in [0.25, 0.3) is 0 Å². The molecular formula is C18H25ClN2O2. The summed E-state index contributed by atoms with van der Waals surface area (Å²) in [7, 11) is 0. The van der Waals surface area contributed by atoms with E-state index >= 15 is 0 Å². The van der Waals surface area contributed by atoms with Crippen molar-refractivity contribution in [3.63, 3.8) is 0 Å². The second kappa shape index (κ2) is 7.35. The lowest BCUT2D eigenvalue weighted by Crippen LogP contribution is -2.43. The van der Waals surface area contributed by atoms with Crippen LogP contribution in [0.3, 0.4) is 0 Å². The minimum Gasteiger partial charge on any atom is -0.342 e. The van der Waals surface area contributed by atoms with Gasteiger partial charge >= 0.3 is 0 Å². The van der Waals surface area contributed by atoms with Crippen molar-refractivity contribution in [3.05, 3.63) is 28.3 Å². The zero-order chi connectivity index (χ0) is 17.1. The molecule has 1 aliphatic rings. The molecule has 0 atom stereocenters. The molecule has 2 amide bonds. The zero-order valence-corrected chi connectivity index (χ0v) is 15.0. The number of rotatable bonds is 3. The quantitative estimate of drug-likeness (QED) is 0.913. The van der Waals surface area contributed by atoms with Crippen LogP contribution in [0.1, 0.15) is 37.8 Å². The lowest BCUT2D eigenvalue weighted by molar-refractivity contribution is -0.137. The van der Waals surface area contributed by atoms with Crippen LogP contribution in [0.15, 0.2) is 12.1 Å². The molecule has 5 heteroatoms. The van der Waals surface area contributed by atoms with E-state index in [1.807, 2.05) is 44.7 Å². The number of likely N-dealkylation sites (tertiary alicyclic amines) is 1. The molecule has 2 rings (SSSR count). The van der Waals surface area contributed by atoms with Gasteiger partial charge in [0.1, 0.15) is 0 Å². The Morgan fingerprint density at radius 2 is 1.83 bits per heavy atom. The van der Waals surface area contributed by atoms with Crippen LogP contribution < -0.4 is 5.32 Å². The Bertz CT molecular complexity index is 582. The number of benzene rings is 1. The molecule has 1 aliphatic heterocycles. The molecule has 0 aromatic heterocycles. The number of nitrogens with one attached hydrogen (secondary N) is 1. The van der Waals surface area contributed by atoms with Crippen molar-refractivity contribution >= 4 is 29.1 Å². The number of piperidine rings is 1. The van der Waals surface area contributed by atoms with E-state index < -0.39 is 0 Å². The lowest BCUT2D eigenvalue weighted by atomic mass is 9.95. The molecule has 0 spiro atoms. The van der Waals surface area contributed by atoms with E-state index in [1.54, 1.807) is 0 Å². The van der Waals surface area contributed by atoms with Crippen molar-refractivity contribution in [3.8, 4) is 0 Å². The lowest BCUT2D eigenvalue weighted by Gasteiger charge is -2.32. The average molecular weight is 337 g/mol. The van der Waals surface area contributed by atoms with Gasteiger partial charge in [-0.25, -0.2) is 0 Å². The van der Waals surface area contributed by atoms with Gasteiger partial charge in [-0.3, -0.25) is 9.59 Å². The number of aryl methyl sites for hydroxylation is 2. The third kappa shape index (κ3) is 4.25. The van der Waals surface area contributed by atoms with Gasteiger partial charge in [0, 0.05) is 24.9 Å². The fourth-order valence-corrected chi connectivity index (χ4v) is 3.39. The second-order valence-electron chi connectivity index (χ2n) is 6.68. The first-order chi connectivity index (χ1) is 10.8. The molecule has 1 aromatic carbocycles. The van der Waals surface area contributed by atoms with E-state index in [1.165, 1.54) is 0 Å². The van der Waals surface area contributed by atoms with E-state index in [9.17, 15) is 9.59 Å². The zero-order valence-electron chi connectivity index (χ0n) is 14.3. The maximum atomic E-state index is 12.5. The van der Waals surface area contributed by atoms with E-state index in [0.717, 1.165) is 11.1 Å². The van der Waals surface area contributed by atoms with Crippen molar-refractivity contribution in [1.29, 1.82) is 0 Å². The summed E-state index contributed by atoms with van der Waals surface area (Å²) >= 11 is 6.25. The topological polar surface area (TPSA) is 49.4 Å². The fraction of sp³-hybridized carbons (Fsp3) is 0.556. The summed E-state index contributed by atoms with van der Waals surface area (Å²) in [4.78, 5) is 26.3. The molecule has 1 heterocycles. The van der Waals surface area contributed by atoms with E-state index in [-0.39, 0.29) is 23.7 Å². The third-order valence-electron chi connectivity index (χ3n) is 4.35. The van der Waals surface area contributed by atoms with Crippen LogP contribution in [0, 0.1) is 25.7 Å². The van der Waals surface area contributed by atoms with E-state index in [2.05, 4.69) is 5.32 Å². The van der Waals surface area contributed by atoms with E-state index in [0.29, 0.717) is 36.6 Å². The number of halogens is 1. The minimum atomic E-state index is -0.0667. The first-order valence-corrected chi connectivity index (χ1v) is 8.53. The molecule has 126 valence electrons. The van der Waals surface area contributed by atoms with Crippen molar-refractivity contribution in [1.82, 2.24) is 4.90 Å². The van der Waals surface area contributed by atoms with E-state index in [4.69, 9.17) is 11.6 Å². The van der Waals surface area contributed by atoms with Crippen LogP contribution in [-0.2, 0) is 9.59 Å². The Morgan fingerprint density at radius 3 is 2.35 bits per heavy atom. The third-order valence-corrected chi connectivity index (χ3v) is 4.65. The maximum absolute atomic E-state index is 12.5. The Kier molecular flexibility index (Phi) is 5.69. The first kappa shape index (κ1) is 17.8. The number of anilines is 1. The summed E-state index contributed by atoms with van der Waals surface area (Å²) in [5.41, 5.74) is 2.74. The molecule has 1 aromatic rings. The fourth-order valence-electron chi connectivity index (χ4n) is 3.03. The summed E-state index contributed by atoms with van der Waals surface area (Å²) in [6.45, 7) is 9.03. The first-order valence-electron chi connectivity index (χ1n) is 8.16. The molecule has 0 radical (unpaired) electrons. The highest BCUT2D eigenvalue weighted by Crippen LogP contribution is 2.29. The maximum Gasteiger partial charge on any atom is 0.227 e. The number of hydrogen-bond donors (Lipinski definition) is 1. The van der Waals surface area contributed by atoms with Gasteiger partial charge in [-0.05, 0) is 43.9 Å². The van der Waals surface area contributed by atoms with Crippen LogP contribution in [0.4, 0.5) is 5.69 Å². The molecule has 23 heavy (non-hydrogen) atoms. The monoisotopic (exact) mass is 336 g/mol. The average Bonchev–Trinajstić information content (AvgIpc) is 2.50. The van der Waals surface area contributed by atoms with Gasteiger partial charge in [-0.2, -0.15) is 0 Å². The SMILES string of the molecule is Cc1cc(C)c(NC(=O)C2CCN(C(=O)C(C)C)CC2)c(Cl)c1.